The van der Waals surface area contributed by atoms with Crippen LogP contribution in [-0.2, 0) is 9.53 Å². The van der Waals surface area contributed by atoms with E-state index in [1.807, 2.05) is 60.7 Å². The van der Waals surface area contributed by atoms with Crippen molar-refractivity contribution >= 4 is 29.3 Å². The summed E-state index contributed by atoms with van der Waals surface area (Å²) in [5.41, 5.74) is 2.11. The van der Waals surface area contributed by atoms with Crippen molar-refractivity contribution in [1.82, 2.24) is 0 Å². The second-order valence-corrected chi connectivity index (χ2v) is 9.63. The highest BCUT2D eigenvalue weighted by Crippen LogP contribution is 2.34. The maximum atomic E-state index is 12.5. The first-order valence-corrected chi connectivity index (χ1v) is 12.2. The molecule has 166 valence electrons. The summed E-state index contributed by atoms with van der Waals surface area (Å²) >= 11 is 7.60. The van der Waals surface area contributed by atoms with E-state index in [0.717, 1.165) is 20.4 Å². The molecular weight excluding hydrogens is 440 g/mol. The molecular formula is C27H27ClO3S. The van der Waals surface area contributed by atoms with Crippen LogP contribution < -0.4 is 4.74 Å². The van der Waals surface area contributed by atoms with Crippen LogP contribution in [0.15, 0.2) is 82.6 Å². The first-order valence-electron chi connectivity index (χ1n) is 11.0. The molecule has 1 aliphatic carbocycles. The van der Waals surface area contributed by atoms with E-state index in [1.54, 1.807) is 11.8 Å². The van der Waals surface area contributed by atoms with Crippen LogP contribution in [0.1, 0.15) is 55.3 Å². The molecule has 0 spiro atoms. The van der Waals surface area contributed by atoms with E-state index in [-0.39, 0.29) is 0 Å². The number of hydrogen-bond donors (Lipinski definition) is 0. The van der Waals surface area contributed by atoms with E-state index in [1.165, 1.54) is 44.8 Å². The van der Waals surface area contributed by atoms with E-state index in [0.29, 0.717) is 11.7 Å². The molecule has 4 rings (SSSR count). The van der Waals surface area contributed by atoms with Crippen LogP contribution in [0, 0.1) is 0 Å². The molecule has 3 aromatic rings. The smallest absolute Gasteiger partial charge is 0.351 e. The Kier molecular flexibility index (Phi) is 7.77. The minimum Gasteiger partial charge on any atom is -0.474 e. The molecule has 0 heterocycles. The van der Waals surface area contributed by atoms with Crippen molar-refractivity contribution in [3.8, 4) is 5.75 Å². The number of carbonyl (C=O) groups is 1. The Morgan fingerprint density at radius 1 is 0.875 bits per heavy atom. The lowest BCUT2D eigenvalue weighted by atomic mass is 9.84. The molecule has 0 bridgehead atoms. The molecule has 3 aromatic carbocycles. The van der Waals surface area contributed by atoms with Gasteiger partial charge in [0.15, 0.2) is 0 Å². The topological polar surface area (TPSA) is 35.5 Å². The normalized spacial score (nSPS) is 15.2. The minimum atomic E-state index is -0.810. The van der Waals surface area contributed by atoms with Crippen LogP contribution in [0.4, 0.5) is 0 Å². The summed E-state index contributed by atoms with van der Waals surface area (Å²) in [6, 6.07) is 23.7. The summed E-state index contributed by atoms with van der Waals surface area (Å²) in [5.74, 6) is 0.888. The lowest BCUT2D eigenvalue weighted by molar-refractivity contribution is -0.149. The summed E-state index contributed by atoms with van der Waals surface area (Å²) in [7, 11) is 1.38. The van der Waals surface area contributed by atoms with E-state index in [4.69, 9.17) is 21.1 Å². The largest absolute Gasteiger partial charge is 0.474 e. The van der Waals surface area contributed by atoms with Crippen LogP contribution in [0.5, 0.6) is 5.75 Å². The van der Waals surface area contributed by atoms with Crippen molar-refractivity contribution in [2.24, 2.45) is 0 Å². The van der Waals surface area contributed by atoms with Crippen molar-refractivity contribution in [3.63, 3.8) is 0 Å². The number of halogens is 1. The van der Waals surface area contributed by atoms with Gasteiger partial charge in [0.2, 0.25) is 6.10 Å². The van der Waals surface area contributed by atoms with Gasteiger partial charge in [0.05, 0.1) is 7.11 Å². The lowest BCUT2D eigenvalue weighted by Crippen LogP contribution is -2.20. The fourth-order valence-corrected chi connectivity index (χ4v) is 5.04. The molecule has 1 saturated carbocycles. The molecule has 1 atom stereocenters. The van der Waals surface area contributed by atoms with Crippen molar-refractivity contribution in [2.75, 3.05) is 7.11 Å². The zero-order chi connectivity index (χ0) is 22.3. The van der Waals surface area contributed by atoms with Crippen LogP contribution in [-0.4, -0.2) is 13.1 Å². The molecule has 5 heteroatoms. The third kappa shape index (κ3) is 5.87. The Morgan fingerprint density at radius 2 is 1.47 bits per heavy atom. The summed E-state index contributed by atoms with van der Waals surface area (Å²) in [4.78, 5) is 14.6. The van der Waals surface area contributed by atoms with Gasteiger partial charge in [-0.3, -0.25) is 0 Å². The average molecular weight is 467 g/mol. The van der Waals surface area contributed by atoms with Gasteiger partial charge >= 0.3 is 5.97 Å². The molecule has 0 aliphatic heterocycles. The van der Waals surface area contributed by atoms with Gasteiger partial charge < -0.3 is 9.47 Å². The third-order valence-electron chi connectivity index (χ3n) is 5.86. The van der Waals surface area contributed by atoms with Gasteiger partial charge in [-0.1, -0.05) is 66.9 Å². The zero-order valence-electron chi connectivity index (χ0n) is 18.1. The minimum absolute atomic E-state index is 0.417. The molecule has 0 saturated heterocycles. The Labute approximate surface area is 199 Å². The summed E-state index contributed by atoms with van der Waals surface area (Å²) in [6.07, 6.45) is 5.65. The molecule has 1 fully saturated rings. The van der Waals surface area contributed by atoms with Gasteiger partial charge in [-0.05, 0) is 72.9 Å². The number of esters is 1. The summed E-state index contributed by atoms with van der Waals surface area (Å²) in [5, 5.41) is 0.717. The summed E-state index contributed by atoms with van der Waals surface area (Å²) < 4.78 is 11.1. The van der Waals surface area contributed by atoms with Gasteiger partial charge in [0, 0.05) is 20.4 Å². The second kappa shape index (κ2) is 10.9. The fraction of sp³-hybridized carbons (Fsp3) is 0.296. The Bertz CT molecular complexity index is 1010. The van der Waals surface area contributed by atoms with Gasteiger partial charge in [-0.2, -0.15) is 0 Å². The van der Waals surface area contributed by atoms with E-state index < -0.39 is 12.1 Å². The number of ether oxygens (including phenoxy) is 2. The first-order chi connectivity index (χ1) is 15.6. The molecule has 0 N–H and O–H groups in total. The van der Waals surface area contributed by atoms with Crippen LogP contribution in [0.2, 0.25) is 5.02 Å². The van der Waals surface area contributed by atoms with Crippen molar-refractivity contribution in [2.45, 2.75) is 53.9 Å². The second-order valence-electron chi connectivity index (χ2n) is 8.05. The van der Waals surface area contributed by atoms with E-state index in [2.05, 4.69) is 12.1 Å². The van der Waals surface area contributed by atoms with Crippen LogP contribution in [0.25, 0.3) is 0 Å². The molecule has 3 nitrogen and oxygen atoms in total. The number of hydrogen-bond acceptors (Lipinski definition) is 4. The Balaban J connectivity index is 1.46. The number of methoxy groups -OCH3 is 1. The first kappa shape index (κ1) is 22.8. The zero-order valence-corrected chi connectivity index (χ0v) is 19.7. The third-order valence-corrected chi connectivity index (χ3v) is 7.13. The molecule has 0 amide bonds. The molecule has 0 aromatic heterocycles. The average Bonchev–Trinajstić information content (AvgIpc) is 2.85. The molecule has 32 heavy (non-hydrogen) atoms. The fourth-order valence-electron chi connectivity index (χ4n) is 4.10. The predicted octanol–water partition coefficient (Wildman–Crippen LogP) is 7.83. The quantitative estimate of drug-likeness (QED) is 0.332. The van der Waals surface area contributed by atoms with Gasteiger partial charge in [-0.25, -0.2) is 4.79 Å². The van der Waals surface area contributed by atoms with Gasteiger partial charge in [0.25, 0.3) is 0 Å². The van der Waals surface area contributed by atoms with Crippen LogP contribution in [0.3, 0.4) is 0 Å². The van der Waals surface area contributed by atoms with E-state index in [9.17, 15) is 4.79 Å². The lowest BCUT2D eigenvalue weighted by Gasteiger charge is -2.22. The number of rotatable bonds is 7. The SMILES string of the molecule is COC(=O)C(Oc1ccc(C2CCCCC2)cc1)c1ccc(Sc2ccc(Cl)cc2)cc1. The van der Waals surface area contributed by atoms with Crippen molar-refractivity contribution < 1.29 is 14.3 Å². The molecule has 1 aliphatic rings. The maximum Gasteiger partial charge on any atom is 0.351 e. The molecule has 1 unspecified atom stereocenters. The van der Waals surface area contributed by atoms with Crippen molar-refractivity contribution in [1.29, 1.82) is 0 Å². The van der Waals surface area contributed by atoms with Crippen LogP contribution >= 0.6 is 23.4 Å². The highest BCUT2D eigenvalue weighted by atomic mass is 35.5. The summed E-state index contributed by atoms with van der Waals surface area (Å²) in [6.45, 7) is 0. The van der Waals surface area contributed by atoms with Crippen molar-refractivity contribution in [3.05, 3.63) is 88.9 Å². The Morgan fingerprint density at radius 3 is 2.06 bits per heavy atom. The van der Waals surface area contributed by atoms with Gasteiger partial charge in [-0.15, -0.1) is 0 Å². The monoisotopic (exact) mass is 466 g/mol. The number of benzene rings is 3. The molecule has 0 radical (unpaired) electrons. The predicted molar refractivity (Wildman–Crippen MR) is 130 cm³/mol. The highest BCUT2D eigenvalue weighted by molar-refractivity contribution is 7.99. The maximum absolute atomic E-state index is 12.5. The van der Waals surface area contributed by atoms with E-state index >= 15 is 0 Å². The Hall–Kier alpha value is -2.43. The highest BCUT2D eigenvalue weighted by Gasteiger charge is 2.24. The number of carbonyl (C=O) groups excluding carboxylic acids is 1. The van der Waals surface area contributed by atoms with Gasteiger partial charge in [0.1, 0.15) is 5.75 Å². The standard InChI is InChI=1S/C27H27ClO3S/c1-30-27(29)26(31-23-13-7-20(8-14-23)19-5-3-2-4-6-19)21-9-15-24(16-10-21)32-25-17-11-22(28)12-18-25/h7-19,26H,2-6H2,1H3.